The summed E-state index contributed by atoms with van der Waals surface area (Å²) in [6.45, 7) is 3.81. The zero-order valence-electron chi connectivity index (χ0n) is 9.86. The number of rotatable bonds is 4. The average Bonchev–Trinajstić information content (AvgIpc) is 2.69. The number of nitrogens with one attached hydrogen (secondary N) is 1. The molecule has 0 amide bonds. The van der Waals surface area contributed by atoms with Crippen molar-refractivity contribution in [3.8, 4) is 0 Å². The summed E-state index contributed by atoms with van der Waals surface area (Å²) in [4.78, 5) is 10.8. The van der Waals surface area contributed by atoms with Gasteiger partial charge < -0.3 is 19.6 Å². The van der Waals surface area contributed by atoms with Crippen molar-refractivity contribution in [2.75, 3.05) is 13.2 Å². The molecule has 1 saturated heterocycles. The first-order valence-corrected chi connectivity index (χ1v) is 5.80. The second-order valence-electron chi connectivity index (χ2n) is 4.26. The number of furan rings is 1. The van der Waals surface area contributed by atoms with Crippen molar-refractivity contribution in [1.29, 1.82) is 0 Å². The Morgan fingerprint density at radius 2 is 2.24 bits per heavy atom. The highest BCUT2D eigenvalue weighted by molar-refractivity contribution is 5.88. The summed E-state index contributed by atoms with van der Waals surface area (Å²) in [5.74, 6) is 0.191. The van der Waals surface area contributed by atoms with Crippen LogP contribution in [0.4, 0.5) is 0 Å². The van der Waals surface area contributed by atoms with E-state index in [2.05, 4.69) is 5.32 Å². The molecule has 0 radical (unpaired) electrons. The molecule has 5 heteroatoms. The van der Waals surface area contributed by atoms with Crippen LogP contribution in [0.2, 0.25) is 0 Å². The molecule has 17 heavy (non-hydrogen) atoms. The van der Waals surface area contributed by atoms with Crippen LogP contribution in [-0.2, 0) is 11.3 Å². The molecule has 2 heterocycles. The highest BCUT2D eigenvalue weighted by Crippen LogP contribution is 2.15. The standard InChI is InChI=1S/C12H17NO4/c1-8-11(12(14)15)6-10(17-8)7-13-9-2-4-16-5-3-9/h6,9,13H,2-5,7H2,1H3,(H,14,15). The Labute approximate surface area is 99.8 Å². The predicted molar refractivity (Wildman–Crippen MR) is 61.1 cm³/mol. The number of ether oxygens (including phenoxy) is 1. The molecule has 94 valence electrons. The van der Waals surface area contributed by atoms with E-state index in [1.807, 2.05) is 0 Å². The largest absolute Gasteiger partial charge is 0.478 e. The van der Waals surface area contributed by atoms with Gasteiger partial charge in [-0.05, 0) is 25.8 Å². The van der Waals surface area contributed by atoms with Crippen molar-refractivity contribution >= 4 is 5.97 Å². The minimum atomic E-state index is -0.941. The summed E-state index contributed by atoms with van der Waals surface area (Å²) in [5, 5.41) is 12.2. The predicted octanol–water partition coefficient (Wildman–Crippen LogP) is 1.55. The van der Waals surface area contributed by atoms with Crippen LogP contribution in [0.1, 0.15) is 34.7 Å². The summed E-state index contributed by atoms with van der Waals surface area (Å²) in [6, 6.07) is 2.02. The van der Waals surface area contributed by atoms with E-state index in [9.17, 15) is 4.79 Å². The van der Waals surface area contributed by atoms with Crippen LogP contribution in [0.15, 0.2) is 10.5 Å². The number of aromatic carboxylic acids is 1. The van der Waals surface area contributed by atoms with Gasteiger partial charge in [-0.2, -0.15) is 0 Å². The fraction of sp³-hybridized carbons (Fsp3) is 0.583. The third kappa shape index (κ3) is 3.08. The van der Waals surface area contributed by atoms with Crippen molar-refractivity contribution < 1.29 is 19.1 Å². The summed E-state index contributed by atoms with van der Waals surface area (Å²) in [6.07, 6.45) is 1.98. The molecule has 5 nitrogen and oxygen atoms in total. The minimum absolute atomic E-state index is 0.244. The lowest BCUT2D eigenvalue weighted by Crippen LogP contribution is -2.34. The van der Waals surface area contributed by atoms with Crippen LogP contribution in [0.25, 0.3) is 0 Å². The first kappa shape index (κ1) is 12.1. The average molecular weight is 239 g/mol. The number of carbonyl (C=O) groups is 1. The van der Waals surface area contributed by atoms with E-state index < -0.39 is 5.97 Å². The van der Waals surface area contributed by atoms with Crippen LogP contribution in [0.3, 0.4) is 0 Å². The fourth-order valence-electron chi connectivity index (χ4n) is 1.99. The minimum Gasteiger partial charge on any atom is -0.478 e. The Kier molecular flexibility index (Phi) is 3.81. The molecule has 0 aromatic carbocycles. The molecule has 2 rings (SSSR count). The van der Waals surface area contributed by atoms with Crippen LogP contribution < -0.4 is 5.32 Å². The van der Waals surface area contributed by atoms with Crippen LogP contribution >= 0.6 is 0 Å². The Balaban J connectivity index is 1.90. The number of carboxylic acids is 1. The van der Waals surface area contributed by atoms with Gasteiger partial charge in [0.05, 0.1) is 6.54 Å². The molecule has 0 aliphatic carbocycles. The van der Waals surface area contributed by atoms with Gasteiger partial charge in [0.1, 0.15) is 17.1 Å². The molecule has 0 bridgehead atoms. The fourth-order valence-corrected chi connectivity index (χ4v) is 1.99. The van der Waals surface area contributed by atoms with Crippen molar-refractivity contribution in [1.82, 2.24) is 5.32 Å². The van der Waals surface area contributed by atoms with Crippen LogP contribution in [-0.4, -0.2) is 30.3 Å². The molecular formula is C12H17NO4. The van der Waals surface area contributed by atoms with E-state index in [0.29, 0.717) is 24.1 Å². The van der Waals surface area contributed by atoms with Crippen molar-refractivity contribution in [3.63, 3.8) is 0 Å². The summed E-state index contributed by atoms with van der Waals surface area (Å²) in [7, 11) is 0. The van der Waals surface area contributed by atoms with Gasteiger partial charge in [0.25, 0.3) is 0 Å². The molecule has 0 unspecified atom stereocenters. The summed E-state index contributed by atoms with van der Waals surface area (Å²) < 4.78 is 10.7. The molecule has 1 fully saturated rings. The SMILES string of the molecule is Cc1oc(CNC2CCOCC2)cc1C(=O)O. The smallest absolute Gasteiger partial charge is 0.339 e. The number of hydrogen-bond donors (Lipinski definition) is 2. The van der Waals surface area contributed by atoms with Gasteiger partial charge in [-0.1, -0.05) is 0 Å². The normalized spacial score (nSPS) is 17.2. The molecular weight excluding hydrogens is 222 g/mol. The van der Waals surface area contributed by atoms with Crippen LogP contribution in [0, 0.1) is 6.92 Å². The zero-order chi connectivity index (χ0) is 12.3. The summed E-state index contributed by atoms with van der Waals surface area (Å²) >= 11 is 0. The molecule has 1 aromatic heterocycles. The van der Waals surface area contributed by atoms with E-state index in [4.69, 9.17) is 14.3 Å². The third-order valence-electron chi connectivity index (χ3n) is 2.99. The van der Waals surface area contributed by atoms with Gasteiger partial charge in [-0.3, -0.25) is 0 Å². The van der Waals surface area contributed by atoms with E-state index in [-0.39, 0.29) is 5.56 Å². The quantitative estimate of drug-likeness (QED) is 0.834. The third-order valence-corrected chi connectivity index (χ3v) is 2.99. The lowest BCUT2D eigenvalue weighted by atomic mass is 10.1. The van der Waals surface area contributed by atoms with E-state index in [0.717, 1.165) is 26.1 Å². The maximum atomic E-state index is 10.8. The van der Waals surface area contributed by atoms with Gasteiger partial charge in [-0.25, -0.2) is 4.79 Å². The molecule has 0 spiro atoms. The molecule has 1 aliphatic rings. The summed E-state index contributed by atoms with van der Waals surface area (Å²) in [5.41, 5.74) is 0.244. The maximum absolute atomic E-state index is 10.8. The highest BCUT2D eigenvalue weighted by atomic mass is 16.5. The molecule has 1 aromatic rings. The monoisotopic (exact) mass is 239 g/mol. The number of aryl methyl sites for hydroxylation is 1. The number of hydrogen-bond acceptors (Lipinski definition) is 4. The van der Waals surface area contributed by atoms with Gasteiger partial charge in [0.2, 0.25) is 0 Å². The Bertz CT molecular complexity index is 393. The lowest BCUT2D eigenvalue weighted by molar-refractivity contribution is 0.0695. The van der Waals surface area contributed by atoms with Gasteiger partial charge in [-0.15, -0.1) is 0 Å². The Hall–Kier alpha value is -1.33. The van der Waals surface area contributed by atoms with Gasteiger partial charge in [0, 0.05) is 19.3 Å². The van der Waals surface area contributed by atoms with E-state index >= 15 is 0 Å². The van der Waals surface area contributed by atoms with Crippen molar-refractivity contribution in [2.24, 2.45) is 0 Å². The van der Waals surface area contributed by atoms with Gasteiger partial charge in [0.15, 0.2) is 0 Å². The molecule has 0 atom stereocenters. The molecule has 2 N–H and O–H groups in total. The molecule has 1 aliphatic heterocycles. The lowest BCUT2D eigenvalue weighted by Gasteiger charge is -2.22. The van der Waals surface area contributed by atoms with E-state index in [1.54, 1.807) is 13.0 Å². The maximum Gasteiger partial charge on any atom is 0.339 e. The number of carboxylic acid groups (broad SMARTS) is 1. The topological polar surface area (TPSA) is 71.7 Å². The first-order valence-electron chi connectivity index (χ1n) is 5.80. The second-order valence-corrected chi connectivity index (χ2v) is 4.26. The van der Waals surface area contributed by atoms with Gasteiger partial charge >= 0.3 is 5.97 Å². The zero-order valence-corrected chi connectivity index (χ0v) is 9.86. The first-order chi connectivity index (χ1) is 8.16. The van der Waals surface area contributed by atoms with Crippen molar-refractivity contribution in [3.05, 3.63) is 23.2 Å². The van der Waals surface area contributed by atoms with Crippen LogP contribution in [0.5, 0.6) is 0 Å². The van der Waals surface area contributed by atoms with Crippen molar-refractivity contribution in [2.45, 2.75) is 32.4 Å². The van der Waals surface area contributed by atoms with E-state index in [1.165, 1.54) is 0 Å². The Morgan fingerprint density at radius 3 is 2.82 bits per heavy atom. The highest BCUT2D eigenvalue weighted by Gasteiger charge is 2.16. The Morgan fingerprint density at radius 1 is 1.53 bits per heavy atom. The molecule has 0 saturated carbocycles. The second kappa shape index (κ2) is 5.33.